The van der Waals surface area contributed by atoms with Crippen LogP contribution in [0.3, 0.4) is 0 Å². The predicted octanol–water partition coefficient (Wildman–Crippen LogP) is -0.0545. The highest BCUT2D eigenvalue weighted by atomic mass is 16.5. The van der Waals surface area contributed by atoms with E-state index in [4.69, 9.17) is 19.7 Å². The molecule has 0 aromatic rings. The molecule has 0 radical (unpaired) electrons. The van der Waals surface area contributed by atoms with Gasteiger partial charge in [0.05, 0.1) is 25.9 Å². The average Bonchev–Trinajstić information content (AvgIpc) is 2.17. The molecular weight excluding hydrogens is 188 g/mol. The van der Waals surface area contributed by atoms with E-state index in [0.29, 0.717) is 6.61 Å². The number of rotatable bonds is 5. The molecule has 2 N–H and O–H groups in total. The Morgan fingerprint density at radius 3 is 2.14 bits per heavy atom. The van der Waals surface area contributed by atoms with Crippen molar-refractivity contribution in [3.63, 3.8) is 0 Å². The number of hydrogen-bond donors (Lipinski definition) is 2. The van der Waals surface area contributed by atoms with Crippen molar-refractivity contribution in [1.29, 1.82) is 0 Å². The summed E-state index contributed by atoms with van der Waals surface area (Å²) in [5.41, 5.74) is 0. The molecule has 1 atom stereocenters. The SMILES string of the molecule is COC(C)CCOC(C)=O.OCCO. The molecular formula is C9H20O5. The maximum atomic E-state index is 10.3. The van der Waals surface area contributed by atoms with Crippen LogP contribution in [0.15, 0.2) is 0 Å². The zero-order valence-electron chi connectivity index (χ0n) is 9.02. The van der Waals surface area contributed by atoms with Gasteiger partial charge in [-0.3, -0.25) is 4.79 Å². The number of carbonyl (C=O) groups is 1. The quantitative estimate of drug-likeness (QED) is 0.619. The van der Waals surface area contributed by atoms with Gasteiger partial charge in [0.1, 0.15) is 0 Å². The zero-order valence-corrected chi connectivity index (χ0v) is 9.02. The lowest BCUT2D eigenvalue weighted by Gasteiger charge is -2.07. The topological polar surface area (TPSA) is 76.0 Å². The monoisotopic (exact) mass is 208 g/mol. The molecule has 0 amide bonds. The molecule has 0 aliphatic heterocycles. The molecule has 0 spiro atoms. The first kappa shape index (κ1) is 15.8. The lowest BCUT2D eigenvalue weighted by molar-refractivity contribution is -0.141. The van der Waals surface area contributed by atoms with Gasteiger partial charge in [-0.2, -0.15) is 0 Å². The fourth-order valence-corrected chi connectivity index (χ4v) is 0.486. The lowest BCUT2D eigenvalue weighted by atomic mass is 10.3. The molecule has 1 unspecified atom stereocenters. The average molecular weight is 208 g/mol. The molecule has 0 saturated carbocycles. The summed E-state index contributed by atoms with van der Waals surface area (Å²) in [5.74, 6) is -0.233. The highest BCUT2D eigenvalue weighted by Crippen LogP contribution is 1.94. The van der Waals surface area contributed by atoms with Gasteiger partial charge in [0.25, 0.3) is 0 Å². The molecule has 0 saturated heterocycles. The summed E-state index contributed by atoms with van der Waals surface area (Å²) in [5, 5.41) is 15.2. The standard InChI is InChI=1S/C7H14O3.C2H6O2/c1-6(9-3)4-5-10-7(2)8;3-1-2-4/h6H,4-5H2,1-3H3;3-4H,1-2H2. The Hall–Kier alpha value is -0.650. The fraction of sp³-hybridized carbons (Fsp3) is 0.889. The third kappa shape index (κ3) is 17.4. The van der Waals surface area contributed by atoms with E-state index in [1.165, 1.54) is 6.92 Å². The summed E-state index contributed by atoms with van der Waals surface area (Å²) in [7, 11) is 1.64. The zero-order chi connectivity index (χ0) is 11.4. The number of carbonyl (C=O) groups excluding carboxylic acids is 1. The van der Waals surface area contributed by atoms with Crippen molar-refractivity contribution in [3.8, 4) is 0 Å². The van der Waals surface area contributed by atoms with Crippen LogP contribution in [0, 0.1) is 0 Å². The summed E-state index contributed by atoms with van der Waals surface area (Å²) >= 11 is 0. The van der Waals surface area contributed by atoms with Crippen LogP contribution in [0.2, 0.25) is 0 Å². The van der Waals surface area contributed by atoms with Gasteiger partial charge in [-0.1, -0.05) is 0 Å². The molecule has 0 heterocycles. The molecule has 0 aliphatic carbocycles. The Bertz CT molecular complexity index is 124. The van der Waals surface area contributed by atoms with Crippen molar-refractivity contribution in [2.24, 2.45) is 0 Å². The first-order valence-corrected chi connectivity index (χ1v) is 4.46. The van der Waals surface area contributed by atoms with Gasteiger partial charge >= 0.3 is 5.97 Å². The van der Waals surface area contributed by atoms with Crippen molar-refractivity contribution < 1.29 is 24.5 Å². The van der Waals surface area contributed by atoms with Gasteiger partial charge in [-0.05, 0) is 6.92 Å². The van der Waals surface area contributed by atoms with E-state index >= 15 is 0 Å². The number of aliphatic hydroxyl groups excluding tert-OH is 2. The third-order valence-corrected chi connectivity index (χ3v) is 1.33. The number of hydrogen-bond acceptors (Lipinski definition) is 5. The molecule has 5 nitrogen and oxygen atoms in total. The Kier molecular flexibility index (Phi) is 13.9. The van der Waals surface area contributed by atoms with E-state index in [2.05, 4.69) is 0 Å². The van der Waals surface area contributed by atoms with E-state index in [1.54, 1.807) is 7.11 Å². The van der Waals surface area contributed by atoms with Crippen LogP contribution in [-0.2, 0) is 14.3 Å². The summed E-state index contributed by atoms with van der Waals surface area (Å²) in [6.45, 7) is 3.53. The van der Waals surface area contributed by atoms with Gasteiger partial charge in [-0.25, -0.2) is 0 Å². The summed E-state index contributed by atoms with van der Waals surface area (Å²) in [6, 6.07) is 0. The molecule has 0 aromatic carbocycles. The van der Waals surface area contributed by atoms with E-state index in [9.17, 15) is 4.79 Å². The van der Waals surface area contributed by atoms with Crippen molar-refractivity contribution in [2.45, 2.75) is 26.4 Å². The molecule has 5 heteroatoms. The normalized spacial score (nSPS) is 11.2. The van der Waals surface area contributed by atoms with Gasteiger partial charge < -0.3 is 19.7 Å². The maximum absolute atomic E-state index is 10.3. The first-order chi connectivity index (χ1) is 6.58. The molecule has 0 rings (SSSR count). The van der Waals surface area contributed by atoms with E-state index < -0.39 is 0 Å². The smallest absolute Gasteiger partial charge is 0.302 e. The number of methoxy groups -OCH3 is 1. The summed E-state index contributed by atoms with van der Waals surface area (Å²) in [4.78, 5) is 10.3. The van der Waals surface area contributed by atoms with Crippen molar-refractivity contribution in [1.82, 2.24) is 0 Å². The second kappa shape index (κ2) is 12.3. The Balaban J connectivity index is 0. The van der Waals surface area contributed by atoms with Crippen LogP contribution in [0.4, 0.5) is 0 Å². The summed E-state index contributed by atoms with van der Waals surface area (Å²) in [6.07, 6.45) is 0.926. The van der Waals surface area contributed by atoms with Crippen molar-refractivity contribution in [2.75, 3.05) is 26.9 Å². The van der Waals surface area contributed by atoms with Gasteiger partial charge in [0, 0.05) is 20.5 Å². The molecule has 0 aromatic heterocycles. The Labute approximate surface area is 84.6 Å². The van der Waals surface area contributed by atoms with Gasteiger partial charge in [0.2, 0.25) is 0 Å². The van der Waals surface area contributed by atoms with E-state index in [-0.39, 0.29) is 25.3 Å². The predicted molar refractivity (Wildman–Crippen MR) is 51.9 cm³/mol. The minimum absolute atomic E-state index is 0.125. The first-order valence-electron chi connectivity index (χ1n) is 4.46. The number of aliphatic hydroxyl groups is 2. The Morgan fingerprint density at radius 1 is 1.36 bits per heavy atom. The van der Waals surface area contributed by atoms with Crippen molar-refractivity contribution >= 4 is 5.97 Å². The fourth-order valence-electron chi connectivity index (χ4n) is 0.486. The van der Waals surface area contributed by atoms with Gasteiger partial charge in [-0.15, -0.1) is 0 Å². The summed E-state index contributed by atoms with van der Waals surface area (Å²) < 4.78 is 9.64. The maximum Gasteiger partial charge on any atom is 0.302 e. The molecule has 14 heavy (non-hydrogen) atoms. The van der Waals surface area contributed by atoms with Crippen LogP contribution in [0.25, 0.3) is 0 Å². The molecule has 0 aliphatic rings. The largest absolute Gasteiger partial charge is 0.466 e. The van der Waals surface area contributed by atoms with Crippen molar-refractivity contribution in [3.05, 3.63) is 0 Å². The Morgan fingerprint density at radius 2 is 1.86 bits per heavy atom. The lowest BCUT2D eigenvalue weighted by Crippen LogP contribution is -2.10. The van der Waals surface area contributed by atoms with Crippen LogP contribution in [0.1, 0.15) is 20.3 Å². The molecule has 0 fully saturated rings. The second-order valence-corrected chi connectivity index (χ2v) is 2.62. The highest BCUT2D eigenvalue weighted by Gasteiger charge is 1.99. The van der Waals surface area contributed by atoms with Gasteiger partial charge in [0.15, 0.2) is 0 Å². The van der Waals surface area contributed by atoms with Crippen LogP contribution in [0.5, 0.6) is 0 Å². The minimum Gasteiger partial charge on any atom is -0.466 e. The molecule has 0 bridgehead atoms. The number of ether oxygens (including phenoxy) is 2. The molecule has 86 valence electrons. The second-order valence-electron chi connectivity index (χ2n) is 2.62. The van der Waals surface area contributed by atoms with Crippen LogP contribution in [-0.4, -0.2) is 49.2 Å². The van der Waals surface area contributed by atoms with E-state index in [0.717, 1.165) is 6.42 Å². The van der Waals surface area contributed by atoms with Crippen LogP contribution >= 0.6 is 0 Å². The van der Waals surface area contributed by atoms with E-state index in [1.807, 2.05) is 6.92 Å². The minimum atomic E-state index is -0.233. The third-order valence-electron chi connectivity index (χ3n) is 1.33. The van der Waals surface area contributed by atoms with Crippen LogP contribution < -0.4 is 0 Å². The number of esters is 1. The highest BCUT2D eigenvalue weighted by molar-refractivity contribution is 5.65.